The summed E-state index contributed by atoms with van der Waals surface area (Å²) in [7, 11) is 3.00. The molecule has 10 heteroatoms. The van der Waals surface area contributed by atoms with Crippen LogP contribution in [0.2, 0.25) is 0 Å². The predicted molar refractivity (Wildman–Crippen MR) is 80.2 cm³/mol. The number of nitrogens with zero attached hydrogens (tertiary/aromatic N) is 3. The highest BCUT2D eigenvalue weighted by atomic mass is 17.2. The lowest BCUT2D eigenvalue weighted by atomic mass is 9.71. The van der Waals surface area contributed by atoms with Gasteiger partial charge in [0.1, 0.15) is 5.84 Å². The summed E-state index contributed by atoms with van der Waals surface area (Å²) in [4.78, 5) is 13.2. The number of hydrogen-bond acceptors (Lipinski definition) is 9. The summed E-state index contributed by atoms with van der Waals surface area (Å²) in [6, 6.07) is -0.686. The number of nitrogens with one attached hydrogen (secondary N) is 1. The molecule has 1 aliphatic heterocycles. The second kappa shape index (κ2) is 6.90. The van der Waals surface area contributed by atoms with E-state index in [1.807, 2.05) is 6.92 Å². The van der Waals surface area contributed by atoms with Crippen molar-refractivity contribution in [3.63, 3.8) is 0 Å². The zero-order chi connectivity index (χ0) is 16.3. The highest BCUT2D eigenvalue weighted by Gasteiger charge is 2.47. The summed E-state index contributed by atoms with van der Waals surface area (Å²) in [6.45, 7) is 1.95. The van der Waals surface area contributed by atoms with E-state index in [-0.39, 0.29) is 35.8 Å². The van der Waals surface area contributed by atoms with Gasteiger partial charge in [-0.15, -0.1) is 4.99 Å². The summed E-state index contributed by atoms with van der Waals surface area (Å²) in [5.41, 5.74) is 8.51. The Morgan fingerprint density at radius 2 is 1.95 bits per heavy atom. The molecule has 0 aromatic heterocycles. The van der Waals surface area contributed by atoms with Crippen molar-refractivity contribution < 1.29 is 19.7 Å². The largest absolute Gasteiger partial charge is 0.477 e. The molecule has 22 heavy (non-hydrogen) atoms. The Balaban J connectivity index is 2.39. The van der Waals surface area contributed by atoms with Gasteiger partial charge in [-0.3, -0.25) is 0 Å². The molecule has 1 saturated carbocycles. The molecule has 5 unspecified atom stereocenters. The van der Waals surface area contributed by atoms with E-state index in [4.69, 9.17) is 26.3 Å². The molecule has 1 aliphatic carbocycles. The molecule has 0 radical (unpaired) electrons. The summed E-state index contributed by atoms with van der Waals surface area (Å²) in [5, 5.41) is 12.3. The maximum Gasteiger partial charge on any atom is 0.273 e. The molecule has 2 rings (SSSR count). The van der Waals surface area contributed by atoms with Crippen LogP contribution >= 0.6 is 0 Å². The third-order valence-corrected chi connectivity index (χ3v) is 4.27. The van der Waals surface area contributed by atoms with Crippen LogP contribution in [0.15, 0.2) is 15.1 Å². The van der Waals surface area contributed by atoms with Gasteiger partial charge in [0.15, 0.2) is 0 Å². The van der Waals surface area contributed by atoms with Crippen LogP contribution in [-0.2, 0) is 14.5 Å². The molecule has 0 aromatic rings. The first-order chi connectivity index (χ1) is 10.6. The minimum Gasteiger partial charge on any atom is -0.477 e. The lowest BCUT2D eigenvalue weighted by Crippen LogP contribution is -2.57. The average molecular weight is 314 g/mol. The van der Waals surface area contributed by atoms with E-state index < -0.39 is 0 Å². The molecule has 124 valence electrons. The van der Waals surface area contributed by atoms with Crippen LogP contribution in [0.4, 0.5) is 0 Å². The Morgan fingerprint density at radius 3 is 2.50 bits per heavy atom. The van der Waals surface area contributed by atoms with E-state index in [0.717, 1.165) is 0 Å². The van der Waals surface area contributed by atoms with E-state index in [9.17, 15) is 0 Å². The van der Waals surface area contributed by atoms with Crippen molar-refractivity contribution in [3.8, 4) is 0 Å². The van der Waals surface area contributed by atoms with Crippen molar-refractivity contribution in [2.75, 3.05) is 14.2 Å². The standard InChI is InChI=1S/C12H22N6O4/c1-5-6(18-22-19)4-7-9(8(5)10(13)17-14)16-12(21-3)11(15-7)20-2/h5-9,18-19H,4,14H2,1-3H3,(H2,13,17). The van der Waals surface area contributed by atoms with Gasteiger partial charge in [0.2, 0.25) is 0 Å². The summed E-state index contributed by atoms with van der Waals surface area (Å²) in [5.74, 6) is 5.94. The van der Waals surface area contributed by atoms with Crippen LogP contribution in [0, 0.1) is 11.8 Å². The fourth-order valence-corrected chi connectivity index (χ4v) is 3.14. The molecule has 5 atom stereocenters. The van der Waals surface area contributed by atoms with Gasteiger partial charge in [0.05, 0.1) is 26.3 Å². The van der Waals surface area contributed by atoms with E-state index in [1.165, 1.54) is 14.2 Å². The van der Waals surface area contributed by atoms with E-state index in [0.29, 0.717) is 18.2 Å². The number of fused-ring (bicyclic) bond motifs is 1. The number of ether oxygens (including phenoxy) is 2. The number of hydrogen-bond donors (Lipinski definition) is 4. The Kier molecular flexibility index (Phi) is 5.16. The molecule has 0 spiro atoms. The molecule has 2 aliphatic rings. The third-order valence-electron chi connectivity index (χ3n) is 4.27. The fraction of sp³-hybridized carbons (Fsp3) is 0.750. The van der Waals surface area contributed by atoms with Gasteiger partial charge in [0.25, 0.3) is 11.8 Å². The number of methoxy groups -OCH3 is 2. The van der Waals surface area contributed by atoms with E-state index >= 15 is 0 Å². The first-order valence-corrected chi connectivity index (χ1v) is 6.90. The maximum absolute atomic E-state index is 8.69. The van der Waals surface area contributed by atoms with Gasteiger partial charge in [0, 0.05) is 12.0 Å². The first kappa shape index (κ1) is 16.5. The normalized spacial score (nSPS) is 35.3. The molecule has 0 amide bonds. The van der Waals surface area contributed by atoms with Crippen molar-refractivity contribution in [2.45, 2.75) is 31.5 Å². The van der Waals surface area contributed by atoms with E-state index in [2.05, 4.69) is 25.6 Å². The minimum atomic E-state index is -0.274. The van der Waals surface area contributed by atoms with Crippen molar-refractivity contribution in [1.82, 2.24) is 5.48 Å². The summed E-state index contributed by atoms with van der Waals surface area (Å²) < 4.78 is 10.4. The number of aliphatic imine (C=N–C) groups is 2. The molecule has 0 bridgehead atoms. The van der Waals surface area contributed by atoms with Gasteiger partial charge in [-0.2, -0.15) is 10.6 Å². The molecule has 0 aromatic carbocycles. The highest BCUT2D eigenvalue weighted by Crippen LogP contribution is 2.36. The maximum atomic E-state index is 8.69. The Bertz CT molecular complexity index is 494. The van der Waals surface area contributed by atoms with Gasteiger partial charge in [-0.05, 0) is 12.3 Å². The number of amidine groups is 1. The highest BCUT2D eigenvalue weighted by molar-refractivity contribution is 6.35. The monoisotopic (exact) mass is 314 g/mol. The second-order valence-corrected chi connectivity index (χ2v) is 5.32. The molecule has 6 N–H and O–H groups in total. The average Bonchev–Trinajstić information content (AvgIpc) is 2.54. The topological polar surface area (TPSA) is 149 Å². The number of rotatable bonds is 3. The lowest BCUT2D eigenvalue weighted by Gasteiger charge is -2.43. The van der Waals surface area contributed by atoms with E-state index in [1.54, 1.807) is 0 Å². The van der Waals surface area contributed by atoms with Gasteiger partial charge in [-0.25, -0.2) is 15.2 Å². The Morgan fingerprint density at radius 1 is 1.32 bits per heavy atom. The van der Waals surface area contributed by atoms with Crippen LogP contribution in [0.3, 0.4) is 0 Å². The zero-order valence-corrected chi connectivity index (χ0v) is 12.8. The molecule has 1 heterocycles. The van der Waals surface area contributed by atoms with Gasteiger partial charge < -0.3 is 21.1 Å². The van der Waals surface area contributed by atoms with Crippen molar-refractivity contribution in [2.24, 2.45) is 38.5 Å². The molecular formula is C12H22N6O4. The van der Waals surface area contributed by atoms with Crippen molar-refractivity contribution in [1.29, 1.82) is 0 Å². The lowest BCUT2D eigenvalue weighted by molar-refractivity contribution is -0.304. The fourth-order valence-electron chi connectivity index (χ4n) is 3.14. The molecule has 0 saturated heterocycles. The van der Waals surface area contributed by atoms with Crippen LogP contribution in [0.5, 0.6) is 0 Å². The molecular weight excluding hydrogens is 292 g/mol. The zero-order valence-electron chi connectivity index (χ0n) is 12.8. The second-order valence-electron chi connectivity index (χ2n) is 5.32. The van der Waals surface area contributed by atoms with Crippen LogP contribution in [0.1, 0.15) is 13.3 Å². The SMILES string of the molecule is COC1=NC2CC(NOO)C(C)C(/C(N)=N/N)C2N=C1OC. The van der Waals surface area contributed by atoms with Crippen LogP contribution in [0.25, 0.3) is 0 Å². The van der Waals surface area contributed by atoms with Gasteiger partial charge in [-0.1, -0.05) is 6.92 Å². The summed E-state index contributed by atoms with van der Waals surface area (Å²) >= 11 is 0. The van der Waals surface area contributed by atoms with Crippen LogP contribution in [-0.4, -0.2) is 55.2 Å². The minimum absolute atomic E-state index is 0.0400. The summed E-state index contributed by atoms with van der Waals surface area (Å²) in [6.07, 6.45) is 0.577. The number of nitrogens with two attached hydrogens (primary N) is 2. The van der Waals surface area contributed by atoms with Crippen LogP contribution < -0.4 is 17.1 Å². The molecule has 1 fully saturated rings. The van der Waals surface area contributed by atoms with Crippen molar-refractivity contribution in [3.05, 3.63) is 0 Å². The molecule has 10 nitrogen and oxygen atoms in total. The Hall–Kier alpha value is -1.91. The van der Waals surface area contributed by atoms with Gasteiger partial charge >= 0.3 is 0 Å². The third kappa shape index (κ3) is 2.85. The van der Waals surface area contributed by atoms with Crippen molar-refractivity contribution >= 4 is 17.6 Å². The first-order valence-electron chi connectivity index (χ1n) is 6.90. The Labute approximate surface area is 128 Å². The number of hydrazone groups is 1. The number of hydroxylamine groups is 1. The smallest absolute Gasteiger partial charge is 0.273 e. The quantitative estimate of drug-likeness (QED) is 0.173. The predicted octanol–water partition coefficient (Wildman–Crippen LogP) is -0.923.